The third kappa shape index (κ3) is 4.52. The lowest BCUT2D eigenvalue weighted by atomic mass is 9.42. The topological polar surface area (TPSA) is 19.6 Å². The Labute approximate surface area is 410 Å². The summed E-state index contributed by atoms with van der Waals surface area (Å²) in [6.07, 6.45) is 2.32. The third-order valence-corrected chi connectivity index (χ3v) is 18.3. The average Bonchev–Trinajstić information content (AvgIpc) is 3.98. The normalized spacial score (nSPS) is 17.8. The van der Waals surface area contributed by atoms with E-state index >= 15 is 0 Å². The highest BCUT2D eigenvalue weighted by Crippen LogP contribution is 2.66. The van der Waals surface area contributed by atoms with Gasteiger partial charge in [0, 0.05) is 50.6 Å². The van der Waals surface area contributed by atoms with Crippen molar-refractivity contribution in [2.45, 2.75) is 76.0 Å². The number of hydrogen-bond acceptors (Lipinski definition) is 3. The van der Waals surface area contributed by atoms with Gasteiger partial charge in [-0.1, -0.05) is 175 Å². The first-order chi connectivity index (χ1) is 34.0. The van der Waals surface area contributed by atoms with Crippen LogP contribution in [0.1, 0.15) is 98.9 Å². The van der Waals surface area contributed by atoms with Gasteiger partial charge in [-0.25, -0.2) is 0 Å². The van der Waals surface area contributed by atoms with Crippen molar-refractivity contribution in [2.75, 3.05) is 9.71 Å². The zero-order valence-corrected chi connectivity index (χ0v) is 40.5. The highest BCUT2D eigenvalue weighted by Gasteiger charge is 2.57. The second-order valence-electron chi connectivity index (χ2n) is 22.9. The van der Waals surface area contributed by atoms with Gasteiger partial charge in [0.05, 0.1) is 11.1 Å². The summed E-state index contributed by atoms with van der Waals surface area (Å²) in [5.41, 5.74) is 29.1. The Bertz CT molecular complexity index is 3990. The summed E-state index contributed by atoms with van der Waals surface area (Å²) in [6.45, 7) is 14.5. The zero-order valence-electron chi connectivity index (χ0n) is 40.5. The largest absolute Gasteiger partial charge is 0.456 e. The molecule has 0 saturated carbocycles. The number of furan rings is 1. The summed E-state index contributed by atoms with van der Waals surface area (Å²) >= 11 is 0. The van der Waals surface area contributed by atoms with Crippen molar-refractivity contribution in [3.8, 4) is 33.4 Å². The first kappa shape index (κ1) is 39.3. The fourth-order valence-corrected chi connectivity index (χ4v) is 15.0. The molecule has 334 valence electrons. The molecule has 0 fully saturated rings. The number of fused-ring (bicyclic) bond motifs is 21. The van der Waals surface area contributed by atoms with E-state index in [4.69, 9.17) is 4.42 Å². The van der Waals surface area contributed by atoms with Crippen LogP contribution in [-0.4, -0.2) is 6.85 Å². The minimum Gasteiger partial charge on any atom is -0.456 e. The van der Waals surface area contributed by atoms with Gasteiger partial charge in [0.1, 0.15) is 11.2 Å². The molecule has 0 radical (unpaired) electrons. The molecule has 3 aliphatic heterocycles. The van der Waals surface area contributed by atoms with E-state index in [2.05, 4.69) is 227 Å². The predicted molar refractivity (Wildman–Crippen MR) is 291 cm³/mol. The van der Waals surface area contributed by atoms with Crippen LogP contribution in [0.25, 0.3) is 55.3 Å². The summed E-state index contributed by atoms with van der Waals surface area (Å²) in [4.78, 5) is 5.44. The summed E-state index contributed by atoms with van der Waals surface area (Å²) in [5, 5.41) is 2.30. The highest BCUT2D eigenvalue weighted by molar-refractivity contribution is 6.94. The number of rotatable bonds is 1. The molecule has 10 aromatic rings. The molecule has 0 bridgehead atoms. The second kappa shape index (κ2) is 12.8. The maximum absolute atomic E-state index is 6.90. The van der Waals surface area contributed by atoms with Crippen LogP contribution in [0.3, 0.4) is 0 Å². The maximum atomic E-state index is 6.90. The molecule has 0 amide bonds. The fraction of sp³-hybridized carbons (Fsp3) is 0.182. The molecule has 6 aliphatic rings. The smallest absolute Gasteiger partial charge is 0.333 e. The molecule has 1 aromatic heterocycles. The van der Waals surface area contributed by atoms with Crippen LogP contribution in [0.4, 0.5) is 28.4 Å². The Morgan fingerprint density at radius 1 is 0.429 bits per heavy atom. The van der Waals surface area contributed by atoms with Crippen LogP contribution in [0.5, 0.6) is 0 Å². The Morgan fingerprint density at radius 2 is 1.07 bits per heavy atom. The Kier molecular flexibility index (Phi) is 7.19. The molecule has 16 rings (SSSR count). The number of hydrogen-bond donors (Lipinski definition) is 0. The lowest BCUT2D eigenvalue weighted by Crippen LogP contribution is -2.63. The van der Waals surface area contributed by atoms with Crippen LogP contribution in [-0.2, 0) is 21.7 Å². The van der Waals surface area contributed by atoms with Crippen LogP contribution < -0.4 is 20.6 Å². The van der Waals surface area contributed by atoms with Crippen molar-refractivity contribution >= 4 is 68.1 Å². The quantitative estimate of drug-likeness (QED) is 0.153. The van der Waals surface area contributed by atoms with Crippen molar-refractivity contribution in [1.29, 1.82) is 0 Å². The molecule has 3 aliphatic carbocycles. The molecule has 0 unspecified atom stereocenters. The van der Waals surface area contributed by atoms with E-state index in [1.54, 1.807) is 0 Å². The van der Waals surface area contributed by atoms with Crippen molar-refractivity contribution in [2.24, 2.45) is 0 Å². The number of para-hydroxylation sites is 3. The minimum absolute atomic E-state index is 0.0238. The number of nitrogens with zero attached hydrogens (tertiary/aromatic N) is 2. The lowest BCUT2D eigenvalue weighted by Gasteiger charge is -2.52. The summed E-state index contributed by atoms with van der Waals surface area (Å²) in [5.74, 6) is 0. The van der Waals surface area contributed by atoms with Crippen LogP contribution >= 0.6 is 0 Å². The van der Waals surface area contributed by atoms with E-state index in [0.29, 0.717) is 0 Å². The van der Waals surface area contributed by atoms with Gasteiger partial charge in [-0.15, -0.1) is 0 Å². The molecule has 0 atom stereocenters. The Balaban J connectivity index is 1.10. The van der Waals surface area contributed by atoms with Crippen molar-refractivity contribution < 1.29 is 4.42 Å². The van der Waals surface area contributed by atoms with Gasteiger partial charge in [0.2, 0.25) is 0 Å². The van der Waals surface area contributed by atoms with Crippen LogP contribution in [0.2, 0.25) is 0 Å². The van der Waals surface area contributed by atoms with Gasteiger partial charge in [0.25, 0.3) is 0 Å². The number of benzene rings is 9. The van der Waals surface area contributed by atoms with Gasteiger partial charge in [-0.3, -0.25) is 0 Å². The van der Waals surface area contributed by atoms with E-state index in [1.165, 1.54) is 124 Å². The number of anilines is 5. The minimum atomic E-state index is -0.530. The highest BCUT2D eigenvalue weighted by atomic mass is 16.3. The van der Waals surface area contributed by atoms with E-state index in [9.17, 15) is 0 Å². The van der Waals surface area contributed by atoms with Gasteiger partial charge in [-0.05, 0) is 143 Å². The SMILES string of the molecule is CC1(C)CCC(C)(C)c2cc(N3B4c5cccc6c5N(c5ccccc5C65c6ccccc6-c6ccccc65)c5cc6c(c(c54)-c4cc5c(cc43)oc3ccccc35)-c3ccccc3C6(C)C)ccc21. The molecule has 4 heterocycles. The molecule has 0 N–H and O–H groups in total. The van der Waals surface area contributed by atoms with Crippen molar-refractivity contribution in [1.82, 2.24) is 0 Å². The van der Waals surface area contributed by atoms with E-state index in [0.717, 1.165) is 28.4 Å². The van der Waals surface area contributed by atoms with Gasteiger partial charge >= 0.3 is 6.85 Å². The maximum Gasteiger partial charge on any atom is 0.333 e. The zero-order chi connectivity index (χ0) is 46.8. The second-order valence-corrected chi connectivity index (χ2v) is 22.9. The molecule has 1 spiro atoms. The molecule has 4 heteroatoms. The van der Waals surface area contributed by atoms with E-state index < -0.39 is 5.41 Å². The standard InChI is InChI=1S/C66H51BN2O/c1-63(2)32-33-64(3,4)51-34-38(30-31-48(51)63)69-55-37-58-43(41-20-10-16-29-57(41)70-58)35-44(55)60-59-42-21-9-11-22-45(42)65(5,6)52(59)36-56-61(60)67(69)53-27-17-26-50-62(53)68(56)54-28-15-14-25-49(54)66(50)46-23-12-7-18-39(46)40-19-8-13-24-47(40)66/h7-31,34-37H,32-33H2,1-6H3. The monoisotopic (exact) mass is 898 g/mol. The van der Waals surface area contributed by atoms with E-state index in [-0.39, 0.29) is 23.1 Å². The average molecular weight is 899 g/mol. The Hall–Kier alpha value is -7.56. The van der Waals surface area contributed by atoms with Gasteiger partial charge < -0.3 is 14.1 Å². The predicted octanol–water partition coefficient (Wildman–Crippen LogP) is 15.6. The van der Waals surface area contributed by atoms with Crippen molar-refractivity contribution in [3.63, 3.8) is 0 Å². The molecule has 3 nitrogen and oxygen atoms in total. The molecular formula is C66H51BN2O. The van der Waals surface area contributed by atoms with E-state index in [1.807, 2.05) is 0 Å². The lowest BCUT2D eigenvalue weighted by molar-refractivity contribution is 0.332. The fourth-order valence-electron chi connectivity index (χ4n) is 15.0. The summed E-state index contributed by atoms with van der Waals surface area (Å²) in [6, 6.07) is 67.9. The first-order valence-electron chi connectivity index (χ1n) is 25.4. The third-order valence-electron chi connectivity index (χ3n) is 18.3. The first-order valence-corrected chi connectivity index (χ1v) is 25.4. The Morgan fingerprint density at radius 3 is 1.84 bits per heavy atom. The molecule has 9 aromatic carbocycles. The molecule has 70 heavy (non-hydrogen) atoms. The molecule has 0 saturated heterocycles. The van der Waals surface area contributed by atoms with Crippen LogP contribution in [0, 0.1) is 0 Å². The molecular weight excluding hydrogens is 848 g/mol. The van der Waals surface area contributed by atoms with Gasteiger partial charge in [0.15, 0.2) is 0 Å². The summed E-state index contributed by atoms with van der Waals surface area (Å²) < 4.78 is 6.90. The van der Waals surface area contributed by atoms with Gasteiger partial charge in [-0.2, -0.15) is 0 Å². The summed E-state index contributed by atoms with van der Waals surface area (Å²) in [7, 11) is 0. The van der Waals surface area contributed by atoms with Crippen LogP contribution in [0.15, 0.2) is 180 Å². The van der Waals surface area contributed by atoms with Crippen molar-refractivity contribution in [3.05, 3.63) is 220 Å².